The van der Waals surface area contributed by atoms with Crippen LogP contribution < -0.4 is 0 Å². The molecule has 1 aromatic carbocycles. The lowest BCUT2D eigenvalue weighted by Gasteiger charge is -2.14. The number of aliphatic hydroxyl groups excluding tert-OH is 1. The second-order valence-corrected chi connectivity index (χ2v) is 6.38. The average Bonchev–Trinajstić information content (AvgIpc) is 2.39. The van der Waals surface area contributed by atoms with Crippen molar-refractivity contribution in [2.45, 2.75) is 33.1 Å². The Balaban J connectivity index is 2.24. The Bertz CT molecular complexity index is 335. The van der Waals surface area contributed by atoms with Gasteiger partial charge in [-0.3, -0.25) is 0 Å². The van der Waals surface area contributed by atoms with Crippen LogP contribution in [0.5, 0.6) is 0 Å². The molecule has 0 heterocycles. The summed E-state index contributed by atoms with van der Waals surface area (Å²) in [5.74, 6) is 0.983. The van der Waals surface area contributed by atoms with E-state index in [4.69, 9.17) is 4.74 Å². The van der Waals surface area contributed by atoms with Crippen LogP contribution in [-0.2, 0) is 11.2 Å². The predicted octanol–water partition coefficient (Wildman–Crippen LogP) is 4.05. The van der Waals surface area contributed by atoms with Crippen molar-refractivity contribution in [1.82, 2.24) is 0 Å². The number of halogens is 1. The van der Waals surface area contributed by atoms with Crippen LogP contribution in [0.3, 0.4) is 0 Å². The third kappa shape index (κ3) is 7.71. The van der Waals surface area contributed by atoms with E-state index in [1.165, 1.54) is 5.56 Å². The fraction of sp³-hybridized carbons (Fsp3) is 0.625. The Morgan fingerprint density at radius 1 is 1.11 bits per heavy atom. The van der Waals surface area contributed by atoms with E-state index in [0.717, 1.165) is 36.9 Å². The molecule has 0 fully saturated rings. The standard InChI is InChI=1S/C16H25BrO2/c1-13(2)7-9-19-10-8-15(12-18)11-14-3-5-16(17)6-4-14/h3-6,13,15,18H,7-12H2,1-2H3. The zero-order valence-corrected chi connectivity index (χ0v) is 13.5. The molecule has 1 N–H and O–H groups in total. The number of benzene rings is 1. The molecule has 1 rings (SSSR count). The maximum Gasteiger partial charge on any atom is 0.0469 e. The monoisotopic (exact) mass is 328 g/mol. The van der Waals surface area contributed by atoms with Gasteiger partial charge in [0.15, 0.2) is 0 Å². The van der Waals surface area contributed by atoms with Gasteiger partial charge in [-0.15, -0.1) is 0 Å². The van der Waals surface area contributed by atoms with Crippen molar-refractivity contribution in [3.63, 3.8) is 0 Å². The van der Waals surface area contributed by atoms with Gasteiger partial charge in [0, 0.05) is 24.3 Å². The summed E-state index contributed by atoms with van der Waals surface area (Å²) in [7, 11) is 0. The van der Waals surface area contributed by atoms with Crippen LogP contribution in [0.15, 0.2) is 28.7 Å². The minimum atomic E-state index is 0.226. The van der Waals surface area contributed by atoms with E-state index in [1.54, 1.807) is 0 Å². The third-order valence-corrected chi connectivity index (χ3v) is 3.73. The normalized spacial score (nSPS) is 12.9. The van der Waals surface area contributed by atoms with Gasteiger partial charge >= 0.3 is 0 Å². The number of ether oxygens (including phenoxy) is 1. The van der Waals surface area contributed by atoms with Gasteiger partial charge in [-0.1, -0.05) is 41.9 Å². The number of hydrogen-bond acceptors (Lipinski definition) is 2. The Morgan fingerprint density at radius 2 is 1.74 bits per heavy atom. The topological polar surface area (TPSA) is 29.5 Å². The van der Waals surface area contributed by atoms with E-state index < -0.39 is 0 Å². The average molecular weight is 329 g/mol. The molecule has 19 heavy (non-hydrogen) atoms. The second-order valence-electron chi connectivity index (χ2n) is 5.46. The molecule has 0 bridgehead atoms. The van der Waals surface area contributed by atoms with Gasteiger partial charge in [0.2, 0.25) is 0 Å². The van der Waals surface area contributed by atoms with Crippen LogP contribution in [0.2, 0.25) is 0 Å². The smallest absolute Gasteiger partial charge is 0.0469 e. The largest absolute Gasteiger partial charge is 0.396 e. The molecule has 0 aliphatic carbocycles. The van der Waals surface area contributed by atoms with Gasteiger partial charge in [-0.2, -0.15) is 0 Å². The summed E-state index contributed by atoms with van der Waals surface area (Å²) in [6.45, 7) is 6.20. The molecule has 0 spiro atoms. The fourth-order valence-electron chi connectivity index (χ4n) is 1.88. The first-order valence-corrected chi connectivity index (χ1v) is 7.84. The van der Waals surface area contributed by atoms with Gasteiger partial charge < -0.3 is 9.84 Å². The van der Waals surface area contributed by atoms with E-state index in [-0.39, 0.29) is 6.61 Å². The molecule has 1 unspecified atom stereocenters. The summed E-state index contributed by atoms with van der Waals surface area (Å²) in [6.07, 6.45) is 2.94. The quantitative estimate of drug-likeness (QED) is 0.693. The van der Waals surface area contributed by atoms with Crippen molar-refractivity contribution in [3.05, 3.63) is 34.3 Å². The molecule has 0 aromatic heterocycles. The highest BCUT2D eigenvalue weighted by Crippen LogP contribution is 2.16. The highest BCUT2D eigenvalue weighted by Gasteiger charge is 2.08. The SMILES string of the molecule is CC(C)CCOCCC(CO)Cc1ccc(Br)cc1. The Hall–Kier alpha value is -0.380. The van der Waals surface area contributed by atoms with Crippen LogP contribution in [0, 0.1) is 11.8 Å². The molecular formula is C16H25BrO2. The number of hydrogen-bond donors (Lipinski definition) is 1. The van der Waals surface area contributed by atoms with Gasteiger partial charge in [-0.25, -0.2) is 0 Å². The Labute approximate surface area is 125 Å². The third-order valence-electron chi connectivity index (χ3n) is 3.21. The van der Waals surface area contributed by atoms with Gasteiger partial charge in [0.05, 0.1) is 0 Å². The zero-order valence-electron chi connectivity index (χ0n) is 11.9. The maximum atomic E-state index is 9.42. The maximum absolute atomic E-state index is 9.42. The van der Waals surface area contributed by atoms with Crippen LogP contribution >= 0.6 is 15.9 Å². The molecule has 0 aliphatic rings. The summed E-state index contributed by atoms with van der Waals surface area (Å²) < 4.78 is 6.71. The van der Waals surface area contributed by atoms with Crippen molar-refractivity contribution in [2.75, 3.05) is 19.8 Å². The lowest BCUT2D eigenvalue weighted by Crippen LogP contribution is -2.13. The lowest BCUT2D eigenvalue weighted by molar-refractivity contribution is 0.0984. The summed E-state index contributed by atoms with van der Waals surface area (Å²) >= 11 is 3.43. The first-order chi connectivity index (χ1) is 9.11. The van der Waals surface area contributed by atoms with Gasteiger partial charge in [0.1, 0.15) is 0 Å². The minimum absolute atomic E-state index is 0.226. The molecule has 0 saturated heterocycles. The fourth-order valence-corrected chi connectivity index (χ4v) is 2.15. The highest BCUT2D eigenvalue weighted by molar-refractivity contribution is 9.10. The molecule has 0 radical (unpaired) electrons. The highest BCUT2D eigenvalue weighted by atomic mass is 79.9. The van der Waals surface area contributed by atoms with Crippen LogP contribution in [-0.4, -0.2) is 24.9 Å². The summed E-state index contributed by atoms with van der Waals surface area (Å²) in [4.78, 5) is 0. The minimum Gasteiger partial charge on any atom is -0.396 e. The summed E-state index contributed by atoms with van der Waals surface area (Å²) in [6, 6.07) is 8.30. The van der Waals surface area contributed by atoms with E-state index in [2.05, 4.69) is 41.9 Å². The Kier molecular flexibility index (Phi) is 8.35. The van der Waals surface area contributed by atoms with Crippen LogP contribution in [0.4, 0.5) is 0 Å². The lowest BCUT2D eigenvalue weighted by atomic mass is 9.97. The van der Waals surface area contributed by atoms with E-state index in [0.29, 0.717) is 11.8 Å². The summed E-state index contributed by atoms with van der Waals surface area (Å²) in [5.41, 5.74) is 1.27. The van der Waals surface area contributed by atoms with E-state index in [9.17, 15) is 5.11 Å². The zero-order chi connectivity index (χ0) is 14.1. The van der Waals surface area contributed by atoms with Crippen molar-refractivity contribution < 1.29 is 9.84 Å². The van der Waals surface area contributed by atoms with Gasteiger partial charge in [-0.05, 0) is 48.8 Å². The number of rotatable bonds is 9. The molecule has 0 aliphatic heterocycles. The molecule has 1 aromatic rings. The molecule has 0 amide bonds. The van der Waals surface area contributed by atoms with Crippen LogP contribution in [0.25, 0.3) is 0 Å². The van der Waals surface area contributed by atoms with E-state index in [1.807, 2.05) is 12.1 Å². The van der Waals surface area contributed by atoms with E-state index >= 15 is 0 Å². The van der Waals surface area contributed by atoms with Crippen LogP contribution in [0.1, 0.15) is 32.3 Å². The molecule has 0 saturated carbocycles. The molecule has 108 valence electrons. The molecular weight excluding hydrogens is 304 g/mol. The van der Waals surface area contributed by atoms with Crippen molar-refractivity contribution in [3.8, 4) is 0 Å². The molecule has 1 atom stereocenters. The molecule has 3 heteroatoms. The first kappa shape index (κ1) is 16.7. The first-order valence-electron chi connectivity index (χ1n) is 7.05. The second kappa shape index (κ2) is 9.51. The Morgan fingerprint density at radius 3 is 2.32 bits per heavy atom. The predicted molar refractivity (Wildman–Crippen MR) is 83.3 cm³/mol. The van der Waals surface area contributed by atoms with Gasteiger partial charge in [0.25, 0.3) is 0 Å². The number of aliphatic hydroxyl groups is 1. The van der Waals surface area contributed by atoms with Crippen molar-refractivity contribution in [1.29, 1.82) is 0 Å². The molecule has 2 nitrogen and oxygen atoms in total. The summed E-state index contributed by atoms with van der Waals surface area (Å²) in [5, 5.41) is 9.42. The van der Waals surface area contributed by atoms with Crippen molar-refractivity contribution >= 4 is 15.9 Å². The van der Waals surface area contributed by atoms with Crippen molar-refractivity contribution in [2.24, 2.45) is 11.8 Å².